The smallest absolute Gasteiger partial charge is 0.228 e. The second kappa shape index (κ2) is 3.16. The monoisotopic (exact) mass is 191 g/mol. The average molecular weight is 191 g/mol. The van der Waals surface area contributed by atoms with Crippen molar-refractivity contribution >= 4 is 5.57 Å². The van der Waals surface area contributed by atoms with Gasteiger partial charge in [-0.15, -0.1) is 0 Å². The quantitative estimate of drug-likeness (QED) is 0.491. The molecule has 0 saturated heterocycles. The predicted molar refractivity (Wildman–Crippen MR) is 39.3 cm³/mol. The first-order chi connectivity index (χ1) is 5.93. The van der Waals surface area contributed by atoms with Crippen LogP contribution < -0.4 is 0 Å². The van der Waals surface area contributed by atoms with Crippen molar-refractivity contribution in [2.24, 2.45) is 0 Å². The van der Waals surface area contributed by atoms with Crippen LogP contribution >= 0.6 is 0 Å². The highest BCUT2D eigenvalue weighted by atomic mass is 19.4. The van der Waals surface area contributed by atoms with E-state index in [1.807, 2.05) is 0 Å². The summed E-state index contributed by atoms with van der Waals surface area (Å²) in [6, 6.07) is 2.20. The molecule has 1 nitrogen and oxygen atoms in total. The van der Waals surface area contributed by atoms with E-state index in [1.165, 1.54) is 6.07 Å². The van der Waals surface area contributed by atoms with Crippen LogP contribution in [0.3, 0.4) is 0 Å². The third-order valence-corrected chi connectivity index (χ3v) is 1.43. The maximum atomic E-state index is 12.7. The van der Waals surface area contributed by atoms with Gasteiger partial charge in [-0.1, -0.05) is 6.58 Å². The molecule has 0 saturated carbocycles. The van der Waals surface area contributed by atoms with E-state index in [0.717, 1.165) is 12.3 Å². The summed E-state index contributed by atoms with van der Waals surface area (Å²) < 4.78 is 48.8. The van der Waals surface area contributed by atoms with Crippen molar-refractivity contribution in [2.75, 3.05) is 0 Å². The number of nitrogens with zero attached hydrogens (tertiary/aromatic N) is 1. The minimum Gasteiger partial charge on any atom is -0.228 e. The van der Waals surface area contributed by atoms with Gasteiger partial charge in [0.25, 0.3) is 0 Å². The Morgan fingerprint density at radius 1 is 1.38 bits per heavy atom. The van der Waals surface area contributed by atoms with Crippen LogP contribution in [-0.4, -0.2) is 11.2 Å². The van der Waals surface area contributed by atoms with Gasteiger partial charge in [-0.05, 0) is 12.1 Å². The second-order valence-corrected chi connectivity index (χ2v) is 2.32. The Bertz CT molecular complexity index is 329. The lowest BCUT2D eigenvalue weighted by Crippen LogP contribution is -2.11. The molecule has 5 heteroatoms. The van der Waals surface area contributed by atoms with Gasteiger partial charge in [0.05, 0.1) is 5.57 Å². The van der Waals surface area contributed by atoms with Crippen LogP contribution in [0.5, 0.6) is 0 Å². The van der Waals surface area contributed by atoms with Gasteiger partial charge in [0.1, 0.15) is 0 Å². The number of hydrogen-bond acceptors (Lipinski definition) is 1. The zero-order valence-electron chi connectivity index (χ0n) is 6.40. The van der Waals surface area contributed by atoms with Gasteiger partial charge >= 0.3 is 6.18 Å². The Labute approximate surface area is 71.7 Å². The van der Waals surface area contributed by atoms with Crippen LogP contribution in [0.25, 0.3) is 5.57 Å². The van der Waals surface area contributed by atoms with E-state index in [-0.39, 0.29) is 0 Å². The zero-order chi connectivity index (χ0) is 10.1. The van der Waals surface area contributed by atoms with Crippen LogP contribution in [0.1, 0.15) is 5.56 Å². The summed E-state index contributed by atoms with van der Waals surface area (Å²) in [5.41, 5.74) is -1.84. The van der Waals surface area contributed by atoms with Crippen molar-refractivity contribution in [3.05, 3.63) is 36.4 Å². The number of rotatable bonds is 1. The van der Waals surface area contributed by atoms with E-state index >= 15 is 0 Å². The lowest BCUT2D eigenvalue weighted by atomic mass is 10.1. The SMILES string of the molecule is C=C(c1cccnc1F)C(F)(F)F. The molecule has 0 amide bonds. The molecule has 0 N–H and O–H groups in total. The van der Waals surface area contributed by atoms with Crippen molar-refractivity contribution in [3.63, 3.8) is 0 Å². The van der Waals surface area contributed by atoms with Crippen LogP contribution in [-0.2, 0) is 0 Å². The maximum absolute atomic E-state index is 12.7. The van der Waals surface area contributed by atoms with Crippen molar-refractivity contribution in [1.82, 2.24) is 4.98 Å². The predicted octanol–water partition coefficient (Wildman–Crippen LogP) is 2.80. The average Bonchev–Trinajstić information content (AvgIpc) is 2.02. The van der Waals surface area contributed by atoms with Crippen molar-refractivity contribution < 1.29 is 17.6 Å². The molecule has 1 rings (SSSR count). The number of pyridine rings is 1. The van der Waals surface area contributed by atoms with Crippen molar-refractivity contribution in [3.8, 4) is 0 Å². The third-order valence-electron chi connectivity index (χ3n) is 1.43. The summed E-state index contributed by atoms with van der Waals surface area (Å²) in [5, 5.41) is 0. The van der Waals surface area contributed by atoms with E-state index < -0.39 is 23.3 Å². The first-order valence-electron chi connectivity index (χ1n) is 3.30. The summed E-state index contributed by atoms with van der Waals surface area (Å²) in [5.74, 6) is -1.16. The molecule has 0 aliphatic rings. The molecule has 70 valence electrons. The number of hydrogen-bond donors (Lipinski definition) is 0. The first kappa shape index (κ1) is 9.70. The summed E-state index contributed by atoms with van der Waals surface area (Å²) in [4.78, 5) is 3.09. The molecule has 0 aliphatic heterocycles. The molecule has 1 aromatic heterocycles. The molecule has 0 fully saturated rings. The normalized spacial score (nSPS) is 11.4. The Morgan fingerprint density at radius 2 is 2.00 bits per heavy atom. The van der Waals surface area contributed by atoms with E-state index in [0.29, 0.717) is 0 Å². The number of allylic oxidation sites excluding steroid dienone is 1. The van der Waals surface area contributed by atoms with E-state index in [1.54, 1.807) is 0 Å². The highest BCUT2D eigenvalue weighted by molar-refractivity contribution is 5.66. The lowest BCUT2D eigenvalue weighted by molar-refractivity contribution is -0.0689. The molecule has 0 atom stereocenters. The topological polar surface area (TPSA) is 12.9 Å². The Balaban J connectivity index is 3.10. The summed E-state index contributed by atoms with van der Waals surface area (Å²) >= 11 is 0. The van der Waals surface area contributed by atoms with E-state index in [4.69, 9.17) is 0 Å². The second-order valence-electron chi connectivity index (χ2n) is 2.32. The largest absolute Gasteiger partial charge is 0.416 e. The summed E-state index contributed by atoms with van der Waals surface area (Å²) in [6.07, 6.45) is -3.55. The van der Waals surface area contributed by atoms with Gasteiger partial charge in [-0.2, -0.15) is 17.6 Å². The van der Waals surface area contributed by atoms with Gasteiger partial charge < -0.3 is 0 Å². The van der Waals surface area contributed by atoms with Gasteiger partial charge in [0.2, 0.25) is 5.95 Å². The summed E-state index contributed by atoms with van der Waals surface area (Å²) in [6.45, 7) is 2.75. The molecule has 0 aliphatic carbocycles. The Kier molecular flexibility index (Phi) is 2.36. The minimum atomic E-state index is -4.62. The van der Waals surface area contributed by atoms with Crippen LogP contribution in [0, 0.1) is 5.95 Å². The number of alkyl halides is 3. The highest BCUT2D eigenvalue weighted by Crippen LogP contribution is 2.32. The molecule has 1 aromatic rings. The van der Waals surface area contributed by atoms with Gasteiger partial charge in [-0.3, -0.25) is 0 Å². The fourth-order valence-electron chi connectivity index (χ4n) is 0.764. The van der Waals surface area contributed by atoms with Gasteiger partial charge in [0, 0.05) is 11.8 Å². The molecular formula is C8H5F4N. The molecular weight excluding hydrogens is 186 g/mol. The van der Waals surface area contributed by atoms with E-state index in [2.05, 4.69) is 11.6 Å². The molecule has 0 unspecified atom stereocenters. The molecule has 0 aromatic carbocycles. The maximum Gasteiger partial charge on any atom is 0.416 e. The van der Waals surface area contributed by atoms with Crippen LogP contribution in [0.2, 0.25) is 0 Å². The third kappa shape index (κ3) is 2.05. The summed E-state index contributed by atoms with van der Waals surface area (Å²) in [7, 11) is 0. The van der Waals surface area contributed by atoms with E-state index in [9.17, 15) is 17.6 Å². The molecule has 0 radical (unpaired) electrons. The molecule has 13 heavy (non-hydrogen) atoms. The number of halogens is 4. The fourth-order valence-corrected chi connectivity index (χ4v) is 0.764. The molecule has 0 spiro atoms. The highest BCUT2D eigenvalue weighted by Gasteiger charge is 2.34. The van der Waals surface area contributed by atoms with Gasteiger partial charge in [-0.25, -0.2) is 4.98 Å². The Hall–Kier alpha value is -1.39. The molecule has 1 heterocycles. The standard InChI is InChI=1S/C8H5F4N/c1-5(8(10,11)12)6-3-2-4-13-7(6)9/h2-4H,1H2. The molecule has 0 bridgehead atoms. The van der Waals surface area contributed by atoms with Gasteiger partial charge in [0.15, 0.2) is 0 Å². The number of aromatic nitrogens is 1. The Morgan fingerprint density at radius 3 is 2.46 bits per heavy atom. The van der Waals surface area contributed by atoms with Crippen molar-refractivity contribution in [2.45, 2.75) is 6.18 Å². The minimum absolute atomic E-state index is 0.616. The first-order valence-corrected chi connectivity index (χ1v) is 3.30. The van der Waals surface area contributed by atoms with Crippen LogP contribution in [0.15, 0.2) is 24.9 Å². The zero-order valence-corrected chi connectivity index (χ0v) is 6.40. The van der Waals surface area contributed by atoms with Crippen molar-refractivity contribution in [1.29, 1.82) is 0 Å². The lowest BCUT2D eigenvalue weighted by Gasteiger charge is -2.09. The van der Waals surface area contributed by atoms with Crippen LogP contribution in [0.4, 0.5) is 17.6 Å². The fraction of sp³-hybridized carbons (Fsp3) is 0.125.